The van der Waals surface area contributed by atoms with Gasteiger partial charge in [-0.05, 0) is 61.2 Å². The van der Waals surface area contributed by atoms with Crippen LogP contribution < -0.4 is 10.6 Å². The minimum atomic E-state index is -0.719. The van der Waals surface area contributed by atoms with Crippen molar-refractivity contribution in [1.29, 1.82) is 0 Å². The fraction of sp³-hybridized carbons (Fsp3) is 0.471. The second kappa shape index (κ2) is 8.26. The van der Waals surface area contributed by atoms with E-state index in [0.29, 0.717) is 18.2 Å². The van der Waals surface area contributed by atoms with E-state index in [1.165, 1.54) is 5.56 Å². The lowest BCUT2D eigenvalue weighted by atomic mass is 9.96. The molecule has 3 rings (SSSR count). The Hall–Kier alpha value is -2.19. The van der Waals surface area contributed by atoms with E-state index in [9.17, 15) is 9.59 Å². The van der Waals surface area contributed by atoms with Gasteiger partial charge in [0.2, 0.25) is 0 Å². The number of aromatic nitrogens is 1. The Morgan fingerprint density at radius 3 is 2.80 bits per heavy atom. The molecule has 2 aromatic rings. The molecule has 0 aliphatic carbocycles. The second-order valence-corrected chi connectivity index (χ2v) is 7.12. The highest BCUT2D eigenvalue weighted by Gasteiger charge is 2.22. The number of thiophene rings is 1. The monoisotopic (exact) mass is 362 g/mol. The van der Waals surface area contributed by atoms with Gasteiger partial charge in [-0.25, -0.2) is 0 Å². The predicted molar refractivity (Wildman–Crippen MR) is 95.2 cm³/mol. The molecule has 1 aliphatic rings. The fourth-order valence-corrected chi connectivity index (χ4v) is 3.57. The SMILES string of the molecule is Cc1cc(NC(=O)C(=O)NCC2CCN(Cc3ccsc3)CC2)no1. The minimum absolute atomic E-state index is 0.249. The number of amides is 2. The van der Waals surface area contributed by atoms with Gasteiger partial charge in [0.05, 0.1) is 0 Å². The molecule has 0 aromatic carbocycles. The number of piperidine rings is 1. The van der Waals surface area contributed by atoms with Crippen molar-refractivity contribution in [3.63, 3.8) is 0 Å². The lowest BCUT2D eigenvalue weighted by molar-refractivity contribution is -0.136. The normalized spacial score (nSPS) is 15.9. The number of carbonyl (C=O) groups is 2. The molecule has 0 bridgehead atoms. The maximum absolute atomic E-state index is 11.9. The minimum Gasteiger partial charge on any atom is -0.360 e. The molecule has 0 spiro atoms. The zero-order chi connectivity index (χ0) is 17.6. The van der Waals surface area contributed by atoms with E-state index in [2.05, 4.69) is 37.5 Å². The van der Waals surface area contributed by atoms with E-state index in [-0.39, 0.29) is 5.82 Å². The summed E-state index contributed by atoms with van der Waals surface area (Å²) in [5.74, 6) is -0.126. The first-order valence-corrected chi connectivity index (χ1v) is 9.30. The van der Waals surface area contributed by atoms with E-state index in [0.717, 1.165) is 32.5 Å². The van der Waals surface area contributed by atoms with Crippen LogP contribution in [0.3, 0.4) is 0 Å². The molecule has 3 heterocycles. The topological polar surface area (TPSA) is 87.5 Å². The summed E-state index contributed by atoms with van der Waals surface area (Å²) in [7, 11) is 0. The van der Waals surface area contributed by atoms with Gasteiger partial charge in [-0.1, -0.05) is 5.16 Å². The number of likely N-dealkylation sites (tertiary alicyclic amines) is 1. The van der Waals surface area contributed by atoms with Crippen LogP contribution in [0.4, 0.5) is 5.82 Å². The highest BCUT2D eigenvalue weighted by molar-refractivity contribution is 7.07. The van der Waals surface area contributed by atoms with E-state index in [4.69, 9.17) is 4.52 Å². The third-order valence-electron chi connectivity index (χ3n) is 4.32. The average Bonchev–Trinajstić information content (AvgIpc) is 3.25. The van der Waals surface area contributed by atoms with Crippen molar-refractivity contribution in [3.8, 4) is 0 Å². The summed E-state index contributed by atoms with van der Waals surface area (Å²) >= 11 is 1.72. The number of rotatable bonds is 5. The summed E-state index contributed by atoms with van der Waals surface area (Å²) in [5.41, 5.74) is 1.36. The first kappa shape index (κ1) is 17.6. The molecule has 1 fully saturated rings. The Bertz CT molecular complexity index is 705. The van der Waals surface area contributed by atoms with Crippen molar-refractivity contribution in [3.05, 3.63) is 34.2 Å². The Morgan fingerprint density at radius 1 is 1.36 bits per heavy atom. The van der Waals surface area contributed by atoms with Gasteiger partial charge in [0.25, 0.3) is 0 Å². The zero-order valence-electron chi connectivity index (χ0n) is 14.2. The fourth-order valence-electron chi connectivity index (χ4n) is 2.91. The molecule has 8 heteroatoms. The van der Waals surface area contributed by atoms with Gasteiger partial charge in [0.1, 0.15) is 5.76 Å². The van der Waals surface area contributed by atoms with Crippen molar-refractivity contribution in [2.75, 3.05) is 25.0 Å². The van der Waals surface area contributed by atoms with E-state index in [1.807, 2.05) is 0 Å². The second-order valence-electron chi connectivity index (χ2n) is 6.34. The van der Waals surface area contributed by atoms with Gasteiger partial charge in [-0.3, -0.25) is 19.8 Å². The highest BCUT2D eigenvalue weighted by atomic mass is 32.1. The van der Waals surface area contributed by atoms with Crippen molar-refractivity contribution in [1.82, 2.24) is 15.4 Å². The number of nitrogens with zero attached hydrogens (tertiary/aromatic N) is 2. The Kier molecular flexibility index (Phi) is 5.83. The molecule has 0 unspecified atom stereocenters. The van der Waals surface area contributed by atoms with Gasteiger partial charge < -0.3 is 9.84 Å². The predicted octanol–water partition coefficient (Wildman–Crippen LogP) is 2.01. The highest BCUT2D eigenvalue weighted by Crippen LogP contribution is 2.19. The largest absolute Gasteiger partial charge is 0.360 e. The molecule has 2 aromatic heterocycles. The summed E-state index contributed by atoms with van der Waals surface area (Å²) in [6.07, 6.45) is 2.04. The molecule has 0 radical (unpaired) electrons. The third-order valence-corrected chi connectivity index (χ3v) is 5.05. The van der Waals surface area contributed by atoms with Crippen LogP contribution in [0.2, 0.25) is 0 Å². The van der Waals surface area contributed by atoms with E-state index < -0.39 is 11.8 Å². The number of hydrogen-bond donors (Lipinski definition) is 2. The van der Waals surface area contributed by atoms with Gasteiger partial charge in [0.15, 0.2) is 5.82 Å². The lowest BCUT2D eigenvalue weighted by Crippen LogP contribution is -2.41. The van der Waals surface area contributed by atoms with Crippen LogP contribution >= 0.6 is 11.3 Å². The van der Waals surface area contributed by atoms with E-state index in [1.54, 1.807) is 24.3 Å². The molecular weight excluding hydrogens is 340 g/mol. The van der Waals surface area contributed by atoms with Crippen molar-refractivity contribution in [2.24, 2.45) is 5.92 Å². The van der Waals surface area contributed by atoms with E-state index >= 15 is 0 Å². The molecule has 134 valence electrons. The zero-order valence-corrected chi connectivity index (χ0v) is 15.0. The number of hydrogen-bond acceptors (Lipinski definition) is 6. The molecule has 0 atom stereocenters. The van der Waals surface area contributed by atoms with Gasteiger partial charge in [0, 0.05) is 19.2 Å². The first-order chi connectivity index (χ1) is 12.1. The molecule has 2 amide bonds. The maximum Gasteiger partial charge on any atom is 0.314 e. The summed E-state index contributed by atoms with van der Waals surface area (Å²) in [5, 5.41) is 13.0. The van der Waals surface area contributed by atoms with Crippen LogP contribution in [0, 0.1) is 12.8 Å². The standard InChI is InChI=1S/C17H22N4O3S/c1-12-8-15(20-24-12)19-17(23)16(22)18-9-13-2-5-21(6-3-13)10-14-4-7-25-11-14/h4,7-8,11,13H,2-3,5-6,9-10H2,1H3,(H,18,22)(H,19,20,23). The Morgan fingerprint density at radius 2 is 2.16 bits per heavy atom. The lowest BCUT2D eigenvalue weighted by Gasteiger charge is -2.31. The smallest absolute Gasteiger partial charge is 0.314 e. The van der Waals surface area contributed by atoms with Gasteiger partial charge >= 0.3 is 11.8 Å². The number of anilines is 1. The molecule has 1 aliphatic heterocycles. The molecular formula is C17H22N4O3S. The summed E-state index contributed by atoms with van der Waals surface area (Å²) in [6.45, 7) is 5.26. The Balaban J connectivity index is 1.36. The van der Waals surface area contributed by atoms with Gasteiger partial charge in [-0.15, -0.1) is 0 Å². The third kappa shape index (κ3) is 5.14. The average molecular weight is 362 g/mol. The van der Waals surface area contributed by atoms with Crippen LogP contribution in [-0.4, -0.2) is 41.5 Å². The van der Waals surface area contributed by atoms with Crippen LogP contribution in [0.1, 0.15) is 24.2 Å². The summed E-state index contributed by atoms with van der Waals surface area (Å²) in [4.78, 5) is 26.1. The maximum atomic E-state index is 11.9. The van der Waals surface area contributed by atoms with Crippen molar-refractivity contribution < 1.29 is 14.1 Å². The summed E-state index contributed by atoms with van der Waals surface area (Å²) < 4.78 is 4.85. The number of carbonyl (C=O) groups excluding carboxylic acids is 2. The summed E-state index contributed by atoms with van der Waals surface area (Å²) in [6, 6.07) is 3.72. The number of nitrogens with one attached hydrogen (secondary N) is 2. The Labute approximate surface area is 150 Å². The molecule has 2 N–H and O–H groups in total. The molecule has 25 heavy (non-hydrogen) atoms. The van der Waals surface area contributed by atoms with Crippen LogP contribution in [0.15, 0.2) is 27.4 Å². The van der Waals surface area contributed by atoms with Gasteiger partial charge in [-0.2, -0.15) is 11.3 Å². The van der Waals surface area contributed by atoms with Crippen molar-refractivity contribution in [2.45, 2.75) is 26.3 Å². The van der Waals surface area contributed by atoms with Crippen LogP contribution in [-0.2, 0) is 16.1 Å². The van der Waals surface area contributed by atoms with Crippen LogP contribution in [0.5, 0.6) is 0 Å². The molecule has 7 nitrogen and oxygen atoms in total. The van der Waals surface area contributed by atoms with Crippen molar-refractivity contribution >= 4 is 29.0 Å². The molecule has 0 saturated carbocycles. The number of aryl methyl sites for hydroxylation is 1. The quantitative estimate of drug-likeness (QED) is 0.795. The molecule has 1 saturated heterocycles. The van der Waals surface area contributed by atoms with Crippen LogP contribution in [0.25, 0.3) is 0 Å². The first-order valence-electron chi connectivity index (χ1n) is 8.36.